The van der Waals surface area contributed by atoms with Gasteiger partial charge in [-0.05, 0) is 63.3 Å². The van der Waals surface area contributed by atoms with E-state index < -0.39 is 11.6 Å². The average Bonchev–Trinajstić information content (AvgIpc) is 3.14. The third kappa shape index (κ3) is 4.96. The minimum absolute atomic E-state index is 0.114. The van der Waals surface area contributed by atoms with Crippen molar-refractivity contribution in [2.24, 2.45) is 0 Å². The Labute approximate surface area is 175 Å². The highest BCUT2D eigenvalue weighted by molar-refractivity contribution is 6.42. The molecule has 2 fully saturated rings. The second kappa shape index (κ2) is 9.13. The van der Waals surface area contributed by atoms with Crippen LogP contribution in [0.3, 0.4) is 0 Å². The number of hydrogen-bond acceptors (Lipinski definition) is 4. The molecule has 1 aromatic rings. The smallest absolute Gasteiger partial charge is 0.241 e. The van der Waals surface area contributed by atoms with Crippen LogP contribution in [-0.4, -0.2) is 41.4 Å². The van der Waals surface area contributed by atoms with Crippen LogP contribution < -0.4 is 10.6 Å². The molecule has 1 atom stereocenters. The zero-order chi connectivity index (χ0) is 20.1. The average molecular weight is 423 g/mol. The normalized spacial score (nSPS) is 21.7. The minimum atomic E-state index is -0.745. The van der Waals surface area contributed by atoms with Crippen molar-refractivity contribution in [3.05, 3.63) is 28.2 Å². The molecule has 2 amide bonds. The molecule has 1 aromatic carbocycles. The summed E-state index contributed by atoms with van der Waals surface area (Å²) in [5.74, 6) is -0.362. The molecule has 2 aliphatic rings. The summed E-state index contributed by atoms with van der Waals surface area (Å²) < 4.78 is 0. The number of nitrogens with one attached hydrogen (secondary N) is 2. The van der Waals surface area contributed by atoms with Gasteiger partial charge in [-0.15, -0.1) is 0 Å². The molecule has 1 aliphatic carbocycles. The lowest BCUT2D eigenvalue weighted by molar-refractivity contribution is -0.127. The van der Waals surface area contributed by atoms with E-state index in [0.29, 0.717) is 41.5 Å². The van der Waals surface area contributed by atoms with Gasteiger partial charge in [0.25, 0.3) is 0 Å². The Morgan fingerprint density at radius 1 is 1.18 bits per heavy atom. The topological polar surface area (TPSA) is 85.2 Å². The zero-order valence-corrected chi connectivity index (χ0v) is 17.2. The molecule has 1 aliphatic heterocycles. The van der Waals surface area contributed by atoms with Crippen LogP contribution in [0, 0.1) is 11.3 Å². The summed E-state index contributed by atoms with van der Waals surface area (Å²) in [7, 11) is 0. The van der Waals surface area contributed by atoms with Gasteiger partial charge in [-0.2, -0.15) is 5.26 Å². The van der Waals surface area contributed by atoms with Crippen LogP contribution in [0.1, 0.15) is 44.9 Å². The molecule has 28 heavy (non-hydrogen) atoms. The molecule has 0 bridgehead atoms. The van der Waals surface area contributed by atoms with E-state index in [1.807, 2.05) is 4.90 Å². The molecule has 8 heteroatoms. The highest BCUT2D eigenvalue weighted by Gasteiger charge is 2.37. The summed E-state index contributed by atoms with van der Waals surface area (Å²) in [5, 5.41) is 16.0. The molecular weight excluding hydrogens is 399 g/mol. The molecule has 1 saturated heterocycles. The van der Waals surface area contributed by atoms with Crippen LogP contribution in [0.25, 0.3) is 0 Å². The molecule has 3 rings (SSSR count). The Kier molecular flexibility index (Phi) is 6.82. The fourth-order valence-electron chi connectivity index (χ4n) is 4.01. The third-order valence-electron chi connectivity index (χ3n) is 5.50. The first kappa shape index (κ1) is 20.9. The first-order chi connectivity index (χ1) is 13.4. The maximum Gasteiger partial charge on any atom is 0.241 e. The number of rotatable bonds is 5. The standard InChI is InChI=1S/C20H24Cl2N4O2/c21-15-7-6-14(11-16(15)22)24-19(28)17-5-1-4-10-26(17)12-18(27)25-20(13-23)8-2-3-9-20/h6-7,11,17H,1-5,8-10,12H2,(H,24,28)(H,25,27). The van der Waals surface area contributed by atoms with Crippen LogP contribution in [0.4, 0.5) is 5.69 Å². The van der Waals surface area contributed by atoms with Crippen molar-refractivity contribution in [2.75, 3.05) is 18.4 Å². The first-order valence-corrected chi connectivity index (χ1v) is 10.4. The second-order valence-electron chi connectivity index (χ2n) is 7.55. The van der Waals surface area contributed by atoms with E-state index >= 15 is 0 Å². The van der Waals surface area contributed by atoms with Crippen LogP contribution >= 0.6 is 23.2 Å². The van der Waals surface area contributed by atoms with Crippen LogP contribution in [0.15, 0.2) is 18.2 Å². The highest BCUT2D eigenvalue weighted by Crippen LogP contribution is 2.29. The maximum atomic E-state index is 12.8. The van der Waals surface area contributed by atoms with E-state index in [0.717, 1.165) is 25.7 Å². The van der Waals surface area contributed by atoms with Gasteiger partial charge in [0.05, 0.1) is 28.7 Å². The summed E-state index contributed by atoms with van der Waals surface area (Å²) in [6.45, 7) is 0.787. The number of benzene rings is 1. The van der Waals surface area contributed by atoms with E-state index in [4.69, 9.17) is 23.2 Å². The van der Waals surface area contributed by atoms with Gasteiger partial charge in [0, 0.05) is 5.69 Å². The zero-order valence-electron chi connectivity index (χ0n) is 15.6. The summed E-state index contributed by atoms with van der Waals surface area (Å²) in [6.07, 6.45) is 5.84. The number of carbonyl (C=O) groups excluding carboxylic acids is 2. The summed E-state index contributed by atoms with van der Waals surface area (Å²) in [4.78, 5) is 27.3. The summed E-state index contributed by atoms with van der Waals surface area (Å²) in [6, 6.07) is 6.82. The maximum absolute atomic E-state index is 12.8. The van der Waals surface area contributed by atoms with Crippen molar-refractivity contribution in [1.82, 2.24) is 10.2 Å². The fourth-order valence-corrected chi connectivity index (χ4v) is 4.31. The van der Waals surface area contributed by atoms with E-state index in [1.54, 1.807) is 18.2 Å². The van der Waals surface area contributed by atoms with Crippen molar-refractivity contribution in [3.63, 3.8) is 0 Å². The number of nitrogens with zero attached hydrogens (tertiary/aromatic N) is 2. The molecule has 0 radical (unpaired) electrons. The number of likely N-dealkylation sites (tertiary alicyclic amines) is 1. The SMILES string of the molecule is N#CC1(NC(=O)CN2CCCCC2C(=O)Nc2ccc(Cl)c(Cl)c2)CCCC1. The Balaban J connectivity index is 1.62. The van der Waals surface area contributed by atoms with Crippen LogP contribution in [0.5, 0.6) is 0 Å². The van der Waals surface area contributed by atoms with Crippen molar-refractivity contribution in [1.29, 1.82) is 5.26 Å². The summed E-state index contributed by atoms with van der Waals surface area (Å²) >= 11 is 11.9. The number of amides is 2. The molecule has 1 unspecified atom stereocenters. The summed E-state index contributed by atoms with van der Waals surface area (Å²) in [5.41, 5.74) is -0.172. The molecule has 1 heterocycles. The van der Waals surface area contributed by atoms with Gasteiger partial charge in [0.2, 0.25) is 11.8 Å². The van der Waals surface area contributed by atoms with Crippen molar-refractivity contribution in [2.45, 2.75) is 56.5 Å². The number of halogens is 2. The van der Waals surface area contributed by atoms with Gasteiger partial charge >= 0.3 is 0 Å². The lowest BCUT2D eigenvalue weighted by atomic mass is 9.99. The predicted molar refractivity (Wildman–Crippen MR) is 109 cm³/mol. The van der Waals surface area contributed by atoms with Gasteiger partial charge in [-0.25, -0.2) is 0 Å². The highest BCUT2D eigenvalue weighted by atomic mass is 35.5. The van der Waals surface area contributed by atoms with Gasteiger partial charge in [0.15, 0.2) is 0 Å². The molecule has 0 spiro atoms. The number of hydrogen-bond donors (Lipinski definition) is 2. The predicted octanol–water partition coefficient (Wildman–Crippen LogP) is 3.74. The van der Waals surface area contributed by atoms with Crippen molar-refractivity contribution >= 4 is 40.7 Å². The molecule has 0 aromatic heterocycles. The van der Waals surface area contributed by atoms with Gasteiger partial charge in [-0.1, -0.05) is 29.6 Å². The lowest BCUT2D eigenvalue weighted by Crippen LogP contribution is -2.54. The molecule has 150 valence electrons. The van der Waals surface area contributed by atoms with E-state index in [9.17, 15) is 14.9 Å². The second-order valence-corrected chi connectivity index (χ2v) is 8.36. The molecule has 1 saturated carbocycles. The third-order valence-corrected chi connectivity index (χ3v) is 6.24. The Hall–Kier alpha value is -1.81. The van der Waals surface area contributed by atoms with Crippen molar-refractivity contribution in [3.8, 4) is 6.07 Å². The number of piperidine rings is 1. The monoisotopic (exact) mass is 422 g/mol. The number of nitriles is 1. The van der Waals surface area contributed by atoms with Gasteiger partial charge < -0.3 is 10.6 Å². The Morgan fingerprint density at radius 2 is 1.93 bits per heavy atom. The quantitative estimate of drug-likeness (QED) is 0.756. The van der Waals surface area contributed by atoms with E-state index in [1.165, 1.54) is 0 Å². The molecule has 6 nitrogen and oxygen atoms in total. The van der Waals surface area contributed by atoms with E-state index in [-0.39, 0.29) is 18.4 Å². The molecule has 2 N–H and O–H groups in total. The first-order valence-electron chi connectivity index (χ1n) is 9.65. The Bertz CT molecular complexity index is 787. The minimum Gasteiger partial charge on any atom is -0.337 e. The number of carbonyl (C=O) groups is 2. The fraction of sp³-hybridized carbons (Fsp3) is 0.550. The lowest BCUT2D eigenvalue weighted by Gasteiger charge is -2.35. The van der Waals surface area contributed by atoms with Gasteiger partial charge in [0.1, 0.15) is 5.54 Å². The largest absolute Gasteiger partial charge is 0.337 e. The van der Waals surface area contributed by atoms with Crippen LogP contribution in [0.2, 0.25) is 10.0 Å². The molecular formula is C20H24Cl2N4O2. The van der Waals surface area contributed by atoms with Gasteiger partial charge in [-0.3, -0.25) is 14.5 Å². The van der Waals surface area contributed by atoms with Crippen LogP contribution in [-0.2, 0) is 9.59 Å². The van der Waals surface area contributed by atoms with E-state index in [2.05, 4.69) is 16.7 Å². The Morgan fingerprint density at radius 3 is 2.61 bits per heavy atom. The number of anilines is 1. The van der Waals surface area contributed by atoms with Crippen molar-refractivity contribution < 1.29 is 9.59 Å².